The van der Waals surface area contributed by atoms with Crippen LogP contribution in [0.3, 0.4) is 0 Å². The molecular weight excluding hydrogens is 574 g/mol. The fourth-order valence-electron chi connectivity index (χ4n) is 4.96. The van der Waals surface area contributed by atoms with E-state index >= 15 is 0 Å². The van der Waals surface area contributed by atoms with Crippen LogP contribution in [-0.4, -0.2) is 99.2 Å². The molecule has 2 fully saturated rings. The van der Waals surface area contributed by atoms with Crippen molar-refractivity contribution in [3.05, 3.63) is 47.5 Å². The Bertz CT molecular complexity index is 1560. The van der Waals surface area contributed by atoms with Gasteiger partial charge in [-0.25, -0.2) is 14.6 Å². The van der Waals surface area contributed by atoms with Crippen LogP contribution in [0.5, 0.6) is 0 Å². The lowest BCUT2D eigenvalue weighted by molar-refractivity contribution is -0.194. The molecule has 6 N–H and O–H groups in total. The monoisotopic (exact) mass is 601 g/mol. The summed E-state index contributed by atoms with van der Waals surface area (Å²) in [6, 6.07) is 7.99. The van der Waals surface area contributed by atoms with Gasteiger partial charge in [-0.1, -0.05) is 36.3 Å². The topological polar surface area (TPSA) is 209 Å². The highest BCUT2D eigenvalue weighted by atomic mass is 35.5. The zero-order chi connectivity index (χ0) is 30.5. The fourth-order valence-corrected chi connectivity index (χ4v) is 5.12. The summed E-state index contributed by atoms with van der Waals surface area (Å²) in [6.45, 7) is 0.738. The molecule has 5 rings (SSSR count). The van der Waals surface area contributed by atoms with Crippen LogP contribution >= 0.6 is 11.6 Å². The number of hydrogen-bond acceptors (Lipinski definition) is 11. The zero-order valence-corrected chi connectivity index (χ0v) is 23.0. The summed E-state index contributed by atoms with van der Waals surface area (Å²) < 4.78 is 12.8. The van der Waals surface area contributed by atoms with Crippen molar-refractivity contribution in [1.82, 2.24) is 19.5 Å². The Kier molecular flexibility index (Phi) is 7.38. The minimum absolute atomic E-state index is 0.0808. The van der Waals surface area contributed by atoms with Crippen molar-refractivity contribution in [3.63, 3.8) is 0 Å². The van der Waals surface area contributed by atoms with Gasteiger partial charge in [-0.15, -0.1) is 6.42 Å². The van der Waals surface area contributed by atoms with E-state index in [-0.39, 0.29) is 28.8 Å². The number of aliphatic hydroxyl groups excluding tert-OH is 1. The number of carboxylic acid groups (broad SMARTS) is 2. The Balaban J connectivity index is 1.47. The number of aliphatic carboxylic acids is 2. The second-order valence-corrected chi connectivity index (χ2v) is 11.0. The summed E-state index contributed by atoms with van der Waals surface area (Å²) in [4.78, 5) is 37.1. The molecule has 3 heterocycles. The SMILES string of the molecule is C#C[C@]1(O)[C@@H](O)[C@](C)(n2cnc3c(NCC4(O)CC4)nc(Cl)nc32)O[C@@H]1COC(Cc1ccccc1)(C(=O)O)C(=O)O. The van der Waals surface area contributed by atoms with E-state index in [1.165, 1.54) is 17.8 Å². The largest absolute Gasteiger partial charge is 0.479 e. The maximum Gasteiger partial charge on any atom is 0.348 e. The standard InChI is InChI=1S/C27H28ClN5O9/c1-3-26(40)16(12-41-27(21(35)36,22(37)38)11-15-7-5-4-6-8-15)42-24(2,20(26)34)33-14-30-17-18(29-13-25(39)9-10-25)31-23(28)32-19(17)33/h1,4-8,14,16,20,34,39-40H,9-13H2,2H3,(H,35,36)(H,37,38)(H,29,31,32)/t16-,20+,24-,26-/m1/s1. The van der Waals surface area contributed by atoms with Gasteiger partial charge in [-0.05, 0) is 36.9 Å². The van der Waals surface area contributed by atoms with E-state index in [2.05, 4.69) is 26.2 Å². The molecule has 14 nitrogen and oxygen atoms in total. The van der Waals surface area contributed by atoms with Crippen molar-refractivity contribution in [2.45, 2.75) is 60.9 Å². The van der Waals surface area contributed by atoms with E-state index in [9.17, 15) is 35.1 Å². The van der Waals surface area contributed by atoms with Crippen LogP contribution in [0.1, 0.15) is 25.3 Å². The summed E-state index contributed by atoms with van der Waals surface area (Å²) in [7, 11) is 0. The van der Waals surface area contributed by atoms with Crippen LogP contribution in [0.25, 0.3) is 11.2 Å². The summed E-state index contributed by atoms with van der Waals surface area (Å²) in [5.74, 6) is -1.27. The first-order valence-electron chi connectivity index (χ1n) is 12.9. The van der Waals surface area contributed by atoms with Crippen LogP contribution in [0.15, 0.2) is 36.7 Å². The number of fused-ring (bicyclic) bond motifs is 1. The number of aromatic nitrogens is 4. The Labute approximate surface area is 243 Å². The van der Waals surface area contributed by atoms with Crippen molar-refractivity contribution in [1.29, 1.82) is 0 Å². The number of imidazole rings is 1. The number of halogens is 1. The maximum atomic E-state index is 12.3. The van der Waals surface area contributed by atoms with Crippen molar-refractivity contribution in [2.75, 3.05) is 18.5 Å². The number of ether oxygens (including phenoxy) is 2. The van der Waals surface area contributed by atoms with Gasteiger partial charge < -0.3 is 40.3 Å². The van der Waals surface area contributed by atoms with Crippen molar-refractivity contribution in [3.8, 4) is 12.3 Å². The van der Waals surface area contributed by atoms with E-state index < -0.39 is 59.7 Å². The number of rotatable bonds is 11. The molecular formula is C27H28ClN5O9. The number of nitrogens with one attached hydrogen (secondary N) is 1. The maximum absolute atomic E-state index is 12.3. The molecule has 0 unspecified atom stereocenters. The molecule has 1 aliphatic carbocycles. The molecule has 1 aromatic carbocycles. The molecule has 15 heteroatoms. The molecule has 1 saturated carbocycles. The average Bonchev–Trinajstić information content (AvgIpc) is 3.47. The molecule has 2 aromatic heterocycles. The van der Waals surface area contributed by atoms with E-state index in [1.54, 1.807) is 30.3 Å². The van der Waals surface area contributed by atoms with Crippen LogP contribution in [0.2, 0.25) is 5.28 Å². The van der Waals surface area contributed by atoms with Crippen molar-refractivity contribution < 1.29 is 44.6 Å². The zero-order valence-electron chi connectivity index (χ0n) is 22.3. The predicted octanol–water partition coefficient (Wildman–Crippen LogP) is 0.380. The lowest BCUT2D eigenvalue weighted by Gasteiger charge is -2.31. The third kappa shape index (κ3) is 4.94. The molecule has 222 valence electrons. The summed E-state index contributed by atoms with van der Waals surface area (Å²) in [5, 5.41) is 55.6. The Morgan fingerprint density at radius 1 is 1.24 bits per heavy atom. The predicted molar refractivity (Wildman–Crippen MR) is 145 cm³/mol. The number of carboxylic acids is 2. The van der Waals surface area contributed by atoms with Crippen LogP contribution in [0.4, 0.5) is 5.82 Å². The average molecular weight is 602 g/mol. The van der Waals surface area contributed by atoms with Gasteiger partial charge in [0.2, 0.25) is 5.28 Å². The van der Waals surface area contributed by atoms with Gasteiger partial charge in [-0.3, -0.25) is 4.57 Å². The number of carbonyl (C=O) groups is 2. The number of nitrogens with zero attached hydrogens (tertiary/aromatic N) is 4. The molecule has 3 aromatic rings. The fraction of sp³-hybridized carbons (Fsp3) is 0.444. The lowest BCUT2D eigenvalue weighted by atomic mass is 9.89. The van der Waals surface area contributed by atoms with Crippen LogP contribution in [0, 0.1) is 12.3 Å². The smallest absolute Gasteiger partial charge is 0.348 e. The van der Waals surface area contributed by atoms with Gasteiger partial charge in [-0.2, -0.15) is 9.97 Å². The number of anilines is 1. The van der Waals surface area contributed by atoms with Crippen LogP contribution < -0.4 is 5.32 Å². The van der Waals surface area contributed by atoms with E-state index in [1.807, 2.05) is 0 Å². The summed E-state index contributed by atoms with van der Waals surface area (Å²) in [5.41, 5.74) is -7.30. The number of aliphatic hydroxyl groups is 3. The first-order valence-corrected chi connectivity index (χ1v) is 13.2. The minimum atomic E-state index is -2.77. The first-order chi connectivity index (χ1) is 19.8. The minimum Gasteiger partial charge on any atom is -0.479 e. The molecule has 1 saturated heterocycles. The molecule has 0 amide bonds. The van der Waals surface area contributed by atoms with Crippen LogP contribution in [-0.2, 0) is 31.2 Å². The number of terminal acetylenes is 1. The number of benzene rings is 1. The van der Waals surface area contributed by atoms with Gasteiger partial charge >= 0.3 is 11.9 Å². The third-order valence-corrected chi connectivity index (χ3v) is 7.92. The first kappa shape index (κ1) is 29.6. The van der Waals surface area contributed by atoms with Gasteiger partial charge in [0, 0.05) is 13.0 Å². The molecule has 42 heavy (non-hydrogen) atoms. The summed E-state index contributed by atoms with van der Waals surface area (Å²) >= 11 is 6.16. The highest BCUT2D eigenvalue weighted by Crippen LogP contribution is 2.44. The second kappa shape index (κ2) is 10.5. The third-order valence-electron chi connectivity index (χ3n) is 7.75. The lowest BCUT2D eigenvalue weighted by Crippen LogP contribution is -2.55. The number of hydrogen-bond donors (Lipinski definition) is 6. The molecule has 2 aliphatic rings. The Morgan fingerprint density at radius 3 is 2.50 bits per heavy atom. The normalized spacial score (nSPS) is 26.6. The second-order valence-electron chi connectivity index (χ2n) is 10.6. The van der Waals surface area contributed by atoms with Crippen molar-refractivity contribution >= 4 is 40.5 Å². The summed E-state index contributed by atoms with van der Waals surface area (Å²) in [6.07, 6.45) is 4.10. The molecule has 0 bridgehead atoms. The molecule has 0 spiro atoms. The Morgan fingerprint density at radius 2 is 1.90 bits per heavy atom. The quantitative estimate of drug-likeness (QED) is 0.0998. The molecule has 4 atom stereocenters. The van der Waals surface area contributed by atoms with E-state index in [4.69, 9.17) is 27.5 Å². The molecule has 0 radical (unpaired) electrons. The molecule has 1 aliphatic heterocycles. The van der Waals surface area contributed by atoms with Gasteiger partial charge in [0.1, 0.15) is 12.2 Å². The van der Waals surface area contributed by atoms with Crippen molar-refractivity contribution in [2.24, 2.45) is 0 Å². The van der Waals surface area contributed by atoms with E-state index in [0.717, 1.165) is 0 Å². The highest BCUT2D eigenvalue weighted by Gasteiger charge is 2.63. The van der Waals surface area contributed by atoms with Gasteiger partial charge in [0.05, 0.1) is 18.5 Å². The Hall–Kier alpha value is -3.84. The van der Waals surface area contributed by atoms with E-state index in [0.29, 0.717) is 18.4 Å². The van der Waals surface area contributed by atoms with Gasteiger partial charge in [0.15, 0.2) is 28.3 Å². The highest BCUT2D eigenvalue weighted by molar-refractivity contribution is 6.28. The van der Waals surface area contributed by atoms with Gasteiger partial charge in [0.25, 0.3) is 5.60 Å².